The van der Waals surface area contributed by atoms with Crippen molar-refractivity contribution >= 4 is 11.5 Å². The van der Waals surface area contributed by atoms with E-state index in [2.05, 4.69) is 9.88 Å². The average Bonchev–Trinajstić information content (AvgIpc) is 2.62. The number of rotatable bonds is 2. The van der Waals surface area contributed by atoms with Gasteiger partial charge in [0.1, 0.15) is 0 Å². The lowest BCUT2D eigenvalue weighted by Crippen LogP contribution is -2.44. The molecule has 2 aliphatic rings. The number of hydrogen-bond donors (Lipinski definition) is 1. The largest absolute Gasteiger partial charge is 0.392 e. The van der Waals surface area contributed by atoms with Crippen LogP contribution in [-0.4, -0.2) is 34.2 Å². The van der Waals surface area contributed by atoms with Crippen molar-refractivity contribution < 1.29 is 10.0 Å². The molecular formula is C12H15N3O3. The maximum Gasteiger partial charge on any atom is 0.363 e. The van der Waals surface area contributed by atoms with Gasteiger partial charge in [-0.2, -0.15) is 0 Å². The number of aromatic nitrogens is 1. The highest BCUT2D eigenvalue weighted by Crippen LogP contribution is 2.38. The summed E-state index contributed by atoms with van der Waals surface area (Å²) in [7, 11) is 0. The van der Waals surface area contributed by atoms with Gasteiger partial charge < -0.3 is 20.1 Å². The fraction of sp³-hybridized carbons (Fsp3) is 0.583. The zero-order valence-corrected chi connectivity index (χ0v) is 9.90. The Morgan fingerprint density at radius 2 is 2.00 bits per heavy atom. The molecule has 2 bridgehead atoms. The van der Waals surface area contributed by atoms with Gasteiger partial charge in [0.05, 0.1) is 11.8 Å². The van der Waals surface area contributed by atoms with E-state index in [1.807, 2.05) is 0 Å². The van der Waals surface area contributed by atoms with Gasteiger partial charge in [0.2, 0.25) is 0 Å². The van der Waals surface area contributed by atoms with Crippen molar-refractivity contribution in [3.8, 4) is 0 Å². The van der Waals surface area contributed by atoms with Crippen LogP contribution in [0, 0.1) is 22.0 Å². The third kappa shape index (κ3) is 1.82. The van der Waals surface area contributed by atoms with E-state index in [4.69, 9.17) is 0 Å². The van der Waals surface area contributed by atoms with E-state index in [0.29, 0.717) is 11.8 Å². The average molecular weight is 249 g/mol. The second-order valence-corrected chi connectivity index (χ2v) is 5.12. The second-order valence-electron chi connectivity index (χ2n) is 5.12. The first-order chi connectivity index (χ1) is 8.65. The summed E-state index contributed by atoms with van der Waals surface area (Å²) in [5.74, 6) is 0.539. The van der Waals surface area contributed by atoms with E-state index < -0.39 is 4.92 Å². The van der Waals surface area contributed by atoms with Crippen molar-refractivity contribution in [1.29, 1.82) is 0 Å². The normalized spacial score (nSPS) is 30.5. The molecule has 1 aromatic heterocycles. The van der Waals surface area contributed by atoms with E-state index >= 15 is 0 Å². The third-order valence-electron chi connectivity index (χ3n) is 4.07. The molecule has 1 aromatic rings. The summed E-state index contributed by atoms with van der Waals surface area (Å²) < 4.78 is 0. The van der Waals surface area contributed by atoms with E-state index in [0.717, 1.165) is 31.6 Å². The molecule has 2 fully saturated rings. The molecule has 0 aromatic carbocycles. The Bertz CT molecular complexity index is 448. The first-order valence-corrected chi connectivity index (χ1v) is 6.18. The number of aliphatic hydroxyl groups is 1. The maximum atomic E-state index is 10.5. The summed E-state index contributed by atoms with van der Waals surface area (Å²) in [6, 6.07) is 3.17. The number of hydrogen-bond acceptors (Lipinski definition) is 5. The molecule has 0 amide bonds. The van der Waals surface area contributed by atoms with Gasteiger partial charge in [0.25, 0.3) is 0 Å². The van der Waals surface area contributed by atoms with Crippen molar-refractivity contribution in [2.24, 2.45) is 11.8 Å². The molecule has 1 unspecified atom stereocenters. The molecule has 3 rings (SSSR count). The van der Waals surface area contributed by atoms with Gasteiger partial charge in [-0.25, -0.2) is 0 Å². The highest BCUT2D eigenvalue weighted by molar-refractivity contribution is 5.47. The molecule has 96 valence electrons. The zero-order valence-electron chi connectivity index (χ0n) is 9.90. The van der Waals surface area contributed by atoms with Crippen LogP contribution in [0.25, 0.3) is 0 Å². The minimum Gasteiger partial charge on any atom is -0.392 e. The van der Waals surface area contributed by atoms with Crippen LogP contribution in [0.3, 0.4) is 0 Å². The molecule has 1 saturated heterocycles. The Hall–Kier alpha value is -1.69. The first-order valence-electron chi connectivity index (χ1n) is 6.18. The van der Waals surface area contributed by atoms with Crippen LogP contribution in [0.5, 0.6) is 0 Å². The standard InChI is InChI=1S/C12H15N3O3/c16-12-8-1-2-9(12)7-14(6-8)10-3-4-11(13-5-10)15(17)18/h3-5,8-9,12,16H,1-2,6-7H2/t8-,9+,12?. The van der Waals surface area contributed by atoms with Gasteiger partial charge in [0.15, 0.2) is 6.20 Å². The van der Waals surface area contributed by atoms with Crippen molar-refractivity contribution in [2.75, 3.05) is 18.0 Å². The van der Waals surface area contributed by atoms with E-state index in [-0.39, 0.29) is 11.9 Å². The molecule has 18 heavy (non-hydrogen) atoms. The van der Waals surface area contributed by atoms with E-state index in [9.17, 15) is 15.2 Å². The summed E-state index contributed by atoms with van der Waals surface area (Å²) in [5.41, 5.74) is 0.907. The van der Waals surface area contributed by atoms with Crippen LogP contribution < -0.4 is 4.90 Å². The predicted molar refractivity (Wildman–Crippen MR) is 65.3 cm³/mol. The Balaban J connectivity index is 1.78. The Morgan fingerprint density at radius 3 is 2.50 bits per heavy atom. The van der Waals surface area contributed by atoms with Crippen molar-refractivity contribution in [1.82, 2.24) is 4.98 Å². The van der Waals surface area contributed by atoms with Gasteiger partial charge in [-0.15, -0.1) is 0 Å². The van der Waals surface area contributed by atoms with E-state index in [1.165, 1.54) is 6.07 Å². The minimum absolute atomic E-state index is 0.126. The van der Waals surface area contributed by atoms with Crippen molar-refractivity contribution in [3.63, 3.8) is 0 Å². The number of aliphatic hydroxyl groups excluding tert-OH is 1. The predicted octanol–water partition coefficient (Wildman–Crippen LogP) is 1.20. The molecular weight excluding hydrogens is 234 g/mol. The number of nitrogens with zero attached hydrogens (tertiary/aromatic N) is 3. The van der Waals surface area contributed by atoms with Crippen LogP contribution in [0.15, 0.2) is 18.3 Å². The summed E-state index contributed by atoms with van der Waals surface area (Å²) in [6.45, 7) is 1.63. The fourth-order valence-electron chi connectivity index (χ4n) is 3.08. The van der Waals surface area contributed by atoms with Gasteiger partial charge in [-0.3, -0.25) is 0 Å². The molecule has 0 radical (unpaired) electrons. The Morgan fingerprint density at radius 1 is 1.33 bits per heavy atom. The summed E-state index contributed by atoms with van der Waals surface area (Å²) in [4.78, 5) is 16.1. The molecule has 6 heteroatoms. The minimum atomic E-state index is -0.493. The third-order valence-corrected chi connectivity index (χ3v) is 4.07. The Kier molecular flexibility index (Phi) is 2.66. The molecule has 3 atom stereocenters. The van der Waals surface area contributed by atoms with Gasteiger partial charge in [0, 0.05) is 31.0 Å². The molecule has 0 spiro atoms. The lowest BCUT2D eigenvalue weighted by molar-refractivity contribution is -0.389. The molecule has 1 N–H and O–H groups in total. The molecule has 2 heterocycles. The summed E-state index contributed by atoms with van der Waals surface area (Å²) in [5, 5.41) is 20.5. The van der Waals surface area contributed by atoms with Gasteiger partial charge in [-0.05, 0) is 28.8 Å². The Labute approximate surface area is 104 Å². The lowest BCUT2D eigenvalue weighted by Gasteiger charge is -2.36. The maximum absolute atomic E-state index is 10.5. The number of nitro groups is 1. The van der Waals surface area contributed by atoms with Crippen LogP contribution >= 0.6 is 0 Å². The number of pyridine rings is 1. The van der Waals surface area contributed by atoms with Crippen LogP contribution in [0.1, 0.15) is 12.8 Å². The highest BCUT2D eigenvalue weighted by Gasteiger charge is 2.41. The summed E-state index contributed by atoms with van der Waals surface area (Å²) in [6.07, 6.45) is 3.52. The van der Waals surface area contributed by atoms with Crippen LogP contribution in [-0.2, 0) is 0 Å². The van der Waals surface area contributed by atoms with Crippen LogP contribution in [0.2, 0.25) is 0 Å². The second kappa shape index (κ2) is 4.20. The topological polar surface area (TPSA) is 79.5 Å². The number of anilines is 1. The molecule has 1 aliphatic heterocycles. The van der Waals surface area contributed by atoms with Crippen molar-refractivity contribution in [2.45, 2.75) is 18.9 Å². The van der Waals surface area contributed by atoms with Gasteiger partial charge >= 0.3 is 5.82 Å². The zero-order chi connectivity index (χ0) is 12.7. The SMILES string of the molecule is O=[N+]([O-])c1ccc(N2C[C@H]3CC[C@@H](C2)C3O)cn1. The molecule has 6 nitrogen and oxygen atoms in total. The first kappa shape index (κ1) is 11.4. The lowest BCUT2D eigenvalue weighted by atomic mass is 9.95. The molecule has 1 aliphatic carbocycles. The fourth-order valence-corrected chi connectivity index (χ4v) is 3.08. The quantitative estimate of drug-likeness (QED) is 0.629. The summed E-state index contributed by atoms with van der Waals surface area (Å²) >= 11 is 0. The highest BCUT2D eigenvalue weighted by atomic mass is 16.6. The monoisotopic (exact) mass is 249 g/mol. The van der Waals surface area contributed by atoms with Gasteiger partial charge in [-0.1, -0.05) is 0 Å². The number of piperidine rings is 1. The smallest absolute Gasteiger partial charge is 0.363 e. The molecule has 1 saturated carbocycles. The van der Waals surface area contributed by atoms with E-state index in [1.54, 1.807) is 12.3 Å². The van der Waals surface area contributed by atoms with Crippen molar-refractivity contribution in [3.05, 3.63) is 28.4 Å². The number of fused-ring (bicyclic) bond motifs is 2. The van der Waals surface area contributed by atoms with Crippen LogP contribution in [0.4, 0.5) is 11.5 Å².